The van der Waals surface area contributed by atoms with Gasteiger partial charge in [-0.05, 0) is 30.7 Å². The number of rotatable bonds is 6. The lowest BCUT2D eigenvalue weighted by Crippen LogP contribution is -2.43. The van der Waals surface area contributed by atoms with E-state index in [4.69, 9.17) is 5.73 Å². The van der Waals surface area contributed by atoms with Crippen LogP contribution >= 0.6 is 0 Å². The summed E-state index contributed by atoms with van der Waals surface area (Å²) < 4.78 is 24.2. The third-order valence-corrected chi connectivity index (χ3v) is 5.78. The van der Waals surface area contributed by atoms with Gasteiger partial charge in [-0.25, -0.2) is 8.42 Å². The summed E-state index contributed by atoms with van der Waals surface area (Å²) in [5, 5.41) is 0. The first-order chi connectivity index (χ1) is 11.0. The zero-order valence-corrected chi connectivity index (χ0v) is 14.6. The average Bonchev–Trinajstić information content (AvgIpc) is 2.52. The summed E-state index contributed by atoms with van der Waals surface area (Å²) in [6.45, 7) is 4.58. The topological polar surface area (TPSA) is 75.8 Å². The van der Waals surface area contributed by atoms with E-state index in [1.807, 2.05) is 30.3 Å². The Labute approximate surface area is 139 Å². The minimum atomic E-state index is -3.09. The van der Waals surface area contributed by atoms with Crippen LogP contribution in [0.15, 0.2) is 35.3 Å². The molecule has 0 spiro atoms. The van der Waals surface area contributed by atoms with E-state index in [1.165, 1.54) is 6.42 Å². The van der Waals surface area contributed by atoms with Gasteiger partial charge in [0.25, 0.3) is 0 Å². The SMILES string of the molecule is C[C@H]1CCCN(C(N)=NCCCS(=O)(=O)Cc2ccccc2)C1. The highest BCUT2D eigenvalue weighted by Crippen LogP contribution is 2.15. The fourth-order valence-electron chi connectivity index (χ4n) is 2.88. The Balaban J connectivity index is 1.76. The molecule has 1 heterocycles. The highest BCUT2D eigenvalue weighted by Gasteiger charge is 2.17. The summed E-state index contributed by atoms with van der Waals surface area (Å²) in [6.07, 6.45) is 2.89. The molecule has 0 saturated carbocycles. The molecule has 1 aliphatic rings. The third kappa shape index (κ3) is 6.22. The number of hydrogen-bond acceptors (Lipinski definition) is 3. The molecule has 1 aromatic rings. The fourth-order valence-corrected chi connectivity index (χ4v) is 4.29. The molecule has 0 aliphatic carbocycles. The van der Waals surface area contributed by atoms with Gasteiger partial charge in [0, 0.05) is 19.6 Å². The van der Waals surface area contributed by atoms with E-state index in [1.54, 1.807) is 0 Å². The van der Waals surface area contributed by atoms with E-state index in [9.17, 15) is 8.42 Å². The van der Waals surface area contributed by atoms with E-state index >= 15 is 0 Å². The molecule has 1 fully saturated rings. The summed E-state index contributed by atoms with van der Waals surface area (Å²) in [5.41, 5.74) is 6.84. The van der Waals surface area contributed by atoms with Crippen LogP contribution in [0.3, 0.4) is 0 Å². The van der Waals surface area contributed by atoms with Gasteiger partial charge in [0.2, 0.25) is 0 Å². The molecule has 0 radical (unpaired) electrons. The molecule has 1 aliphatic heterocycles. The number of hydrogen-bond donors (Lipinski definition) is 1. The molecule has 1 aromatic carbocycles. The number of guanidine groups is 1. The number of benzene rings is 1. The second-order valence-electron chi connectivity index (χ2n) is 6.36. The normalized spacial score (nSPS) is 19.8. The number of sulfone groups is 1. The van der Waals surface area contributed by atoms with Crippen molar-refractivity contribution in [3.63, 3.8) is 0 Å². The zero-order valence-electron chi connectivity index (χ0n) is 13.8. The first kappa shape index (κ1) is 17.8. The van der Waals surface area contributed by atoms with Gasteiger partial charge in [0.15, 0.2) is 15.8 Å². The van der Waals surface area contributed by atoms with Crippen LogP contribution < -0.4 is 5.73 Å². The summed E-state index contributed by atoms with van der Waals surface area (Å²) in [7, 11) is -3.09. The molecule has 2 rings (SSSR count). The van der Waals surface area contributed by atoms with E-state index in [0.717, 1.165) is 25.1 Å². The number of nitrogens with zero attached hydrogens (tertiary/aromatic N) is 2. The summed E-state index contributed by atoms with van der Waals surface area (Å²) in [6, 6.07) is 9.27. The van der Waals surface area contributed by atoms with Crippen molar-refractivity contribution in [1.29, 1.82) is 0 Å². The first-order valence-corrected chi connectivity index (χ1v) is 10.1. The lowest BCUT2D eigenvalue weighted by atomic mass is 10.0. The Morgan fingerprint density at radius 2 is 2.09 bits per heavy atom. The molecule has 0 bridgehead atoms. The molecule has 2 N–H and O–H groups in total. The van der Waals surface area contributed by atoms with Gasteiger partial charge < -0.3 is 10.6 Å². The Kier molecular flexibility index (Phi) is 6.45. The molecule has 6 heteroatoms. The van der Waals surface area contributed by atoms with Crippen LogP contribution in [0.1, 0.15) is 31.7 Å². The van der Waals surface area contributed by atoms with Crippen LogP contribution in [0.25, 0.3) is 0 Å². The van der Waals surface area contributed by atoms with Gasteiger partial charge in [-0.1, -0.05) is 37.3 Å². The molecule has 128 valence electrons. The molecule has 0 amide bonds. The lowest BCUT2D eigenvalue weighted by Gasteiger charge is -2.31. The Morgan fingerprint density at radius 1 is 1.35 bits per heavy atom. The van der Waals surface area contributed by atoms with Crippen LogP contribution in [0.4, 0.5) is 0 Å². The first-order valence-electron chi connectivity index (χ1n) is 8.25. The fraction of sp³-hybridized carbons (Fsp3) is 0.588. The van der Waals surface area contributed by atoms with Crippen molar-refractivity contribution in [2.45, 2.75) is 31.9 Å². The van der Waals surface area contributed by atoms with Crippen molar-refractivity contribution in [3.05, 3.63) is 35.9 Å². The maximum Gasteiger partial charge on any atom is 0.191 e. The van der Waals surface area contributed by atoms with Gasteiger partial charge in [-0.15, -0.1) is 0 Å². The van der Waals surface area contributed by atoms with E-state index < -0.39 is 9.84 Å². The monoisotopic (exact) mass is 337 g/mol. The molecule has 0 unspecified atom stereocenters. The maximum absolute atomic E-state index is 12.1. The van der Waals surface area contributed by atoms with Crippen LogP contribution in [0.5, 0.6) is 0 Å². The summed E-state index contributed by atoms with van der Waals surface area (Å²) in [5.74, 6) is 1.44. The van der Waals surface area contributed by atoms with Crippen molar-refractivity contribution in [3.8, 4) is 0 Å². The molecular weight excluding hydrogens is 310 g/mol. The predicted octanol–water partition coefficient (Wildman–Crippen LogP) is 2.04. The van der Waals surface area contributed by atoms with E-state index in [0.29, 0.717) is 24.8 Å². The van der Waals surface area contributed by atoms with Crippen LogP contribution in [-0.4, -0.2) is 44.7 Å². The highest BCUT2D eigenvalue weighted by atomic mass is 32.2. The molecule has 5 nitrogen and oxygen atoms in total. The molecule has 23 heavy (non-hydrogen) atoms. The Bertz CT molecular complexity index is 614. The minimum absolute atomic E-state index is 0.0939. The van der Waals surface area contributed by atoms with Crippen molar-refractivity contribution < 1.29 is 8.42 Å². The quantitative estimate of drug-likeness (QED) is 0.490. The largest absolute Gasteiger partial charge is 0.370 e. The molecule has 1 saturated heterocycles. The van der Waals surface area contributed by atoms with Crippen LogP contribution in [-0.2, 0) is 15.6 Å². The highest BCUT2D eigenvalue weighted by molar-refractivity contribution is 7.90. The maximum atomic E-state index is 12.1. The molecule has 0 aromatic heterocycles. The second-order valence-corrected chi connectivity index (χ2v) is 8.55. The Hall–Kier alpha value is -1.56. The minimum Gasteiger partial charge on any atom is -0.370 e. The zero-order chi connectivity index (χ0) is 16.7. The molecular formula is C17H27N3O2S. The van der Waals surface area contributed by atoms with Gasteiger partial charge in [-0.2, -0.15) is 0 Å². The van der Waals surface area contributed by atoms with E-state index in [2.05, 4.69) is 16.8 Å². The predicted molar refractivity (Wildman–Crippen MR) is 95.0 cm³/mol. The summed E-state index contributed by atoms with van der Waals surface area (Å²) >= 11 is 0. The lowest BCUT2D eigenvalue weighted by molar-refractivity contribution is 0.270. The van der Waals surface area contributed by atoms with Crippen LogP contribution in [0, 0.1) is 5.92 Å². The Morgan fingerprint density at radius 3 is 2.78 bits per heavy atom. The van der Waals surface area contributed by atoms with Crippen molar-refractivity contribution in [1.82, 2.24) is 4.90 Å². The van der Waals surface area contributed by atoms with Crippen molar-refractivity contribution in [2.24, 2.45) is 16.6 Å². The second kappa shape index (κ2) is 8.34. The molecule has 1 atom stereocenters. The number of piperidine rings is 1. The van der Waals surface area contributed by atoms with Gasteiger partial charge in [0.1, 0.15) is 0 Å². The van der Waals surface area contributed by atoms with Gasteiger partial charge >= 0.3 is 0 Å². The number of nitrogens with two attached hydrogens (primary N) is 1. The van der Waals surface area contributed by atoms with Gasteiger partial charge in [0.05, 0.1) is 11.5 Å². The standard InChI is InChI=1S/C17H27N3O2S/c1-15-7-5-11-20(13-15)17(18)19-10-6-12-23(21,22)14-16-8-3-2-4-9-16/h2-4,8-9,15H,5-7,10-14H2,1H3,(H2,18,19)/t15-/m0/s1. The third-order valence-electron chi connectivity index (χ3n) is 4.10. The smallest absolute Gasteiger partial charge is 0.191 e. The van der Waals surface area contributed by atoms with Crippen molar-refractivity contribution >= 4 is 15.8 Å². The average molecular weight is 337 g/mol. The number of aliphatic imine (C=N–C) groups is 1. The number of likely N-dealkylation sites (tertiary alicyclic amines) is 1. The van der Waals surface area contributed by atoms with E-state index in [-0.39, 0.29) is 11.5 Å². The summed E-state index contributed by atoms with van der Waals surface area (Å²) in [4.78, 5) is 6.45. The van der Waals surface area contributed by atoms with Gasteiger partial charge in [-0.3, -0.25) is 4.99 Å². The van der Waals surface area contributed by atoms with Crippen molar-refractivity contribution in [2.75, 3.05) is 25.4 Å². The van der Waals surface area contributed by atoms with Crippen LogP contribution in [0.2, 0.25) is 0 Å².